The Bertz CT molecular complexity index is 477. The standard InChI is InChI=1S/C13H17FN2O3/c1-8-7-11(14)4-3-10(8)5-6-15-13(19)16-9(2)12(17)18/h3-4,7,9H,5-6H2,1-2H3,(H,17,18)(H2,15,16,19)/t9-/m1/s1. The molecule has 0 aliphatic carbocycles. The Kier molecular flexibility index (Phi) is 5.29. The maximum Gasteiger partial charge on any atom is 0.325 e. The quantitative estimate of drug-likeness (QED) is 0.756. The van der Waals surface area contributed by atoms with E-state index >= 15 is 0 Å². The first-order chi connectivity index (χ1) is 8.90. The second-order valence-corrected chi connectivity index (χ2v) is 4.28. The van der Waals surface area contributed by atoms with Crippen molar-refractivity contribution in [2.24, 2.45) is 0 Å². The molecule has 3 N–H and O–H groups in total. The molecule has 0 aliphatic rings. The van der Waals surface area contributed by atoms with Crippen molar-refractivity contribution in [1.82, 2.24) is 10.6 Å². The number of halogens is 1. The van der Waals surface area contributed by atoms with Crippen LogP contribution in [0.25, 0.3) is 0 Å². The van der Waals surface area contributed by atoms with E-state index in [0.29, 0.717) is 13.0 Å². The summed E-state index contributed by atoms with van der Waals surface area (Å²) in [6.45, 7) is 3.53. The number of carboxylic acids is 1. The first kappa shape index (κ1) is 14.9. The van der Waals surface area contributed by atoms with Crippen LogP contribution in [-0.2, 0) is 11.2 Å². The van der Waals surface area contributed by atoms with Gasteiger partial charge in [0, 0.05) is 6.54 Å². The van der Waals surface area contributed by atoms with Crippen LogP contribution in [0.1, 0.15) is 18.1 Å². The van der Waals surface area contributed by atoms with Crippen LogP contribution in [0, 0.1) is 12.7 Å². The van der Waals surface area contributed by atoms with Gasteiger partial charge in [0.05, 0.1) is 0 Å². The number of benzene rings is 1. The van der Waals surface area contributed by atoms with Crippen LogP contribution in [0.15, 0.2) is 18.2 Å². The summed E-state index contributed by atoms with van der Waals surface area (Å²) in [6, 6.07) is 3.00. The van der Waals surface area contributed by atoms with Crippen molar-refractivity contribution in [3.8, 4) is 0 Å². The highest BCUT2D eigenvalue weighted by molar-refractivity contribution is 5.82. The lowest BCUT2D eigenvalue weighted by molar-refractivity contribution is -0.138. The molecule has 0 saturated heterocycles. The molecular formula is C13H17FN2O3. The number of carbonyl (C=O) groups is 2. The second-order valence-electron chi connectivity index (χ2n) is 4.28. The van der Waals surface area contributed by atoms with Crippen LogP contribution >= 0.6 is 0 Å². The van der Waals surface area contributed by atoms with Crippen LogP contribution in [0.4, 0.5) is 9.18 Å². The van der Waals surface area contributed by atoms with E-state index in [1.807, 2.05) is 0 Å². The molecule has 0 spiro atoms. The predicted molar refractivity (Wildman–Crippen MR) is 68.5 cm³/mol. The maximum atomic E-state index is 12.9. The Morgan fingerprint density at radius 2 is 2.11 bits per heavy atom. The number of carboxylic acid groups (broad SMARTS) is 1. The van der Waals surface area contributed by atoms with Crippen LogP contribution in [0.3, 0.4) is 0 Å². The molecule has 6 heteroatoms. The van der Waals surface area contributed by atoms with E-state index in [-0.39, 0.29) is 5.82 Å². The molecule has 104 valence electrons. The fraction of sp³-hybridized carbons (Fsp3) is 0.385. The Hall–Kier alpha value is -2.11. The van der Waals surface area contributed by atoms with E-state index in [4.69, 9.17) is 5.11 Å². The van der Waals surface area contributed by atoms with Crippen molar-refractivity contribution in [1.29, 1.82) is 0 Å². The third kappa shape index (κ3) is 4.95. The first-order valence-corrected chi connectivity index (χ1v) is 5.92. The summed E-state index contributed by atoms with van der Waals surface area (Å²) >= 11 is 0. The lowest BCUT2D eigenvalue weighted by Crippen LogP contribution is -2.44. The number of rotatable bonds is 5. The number of aliphatic carboxylic acids is 1. The average molecular weight is 268 g/mol. The van der Waals surface area contributed by atoms with Crippen LogP contribution in [0.2, 0.25) is 0 Å². The van der Waals surface area contributed by atoms with E-state index in [1.165, 1.54) is 19.1 Å². The molecule has 1 atom stereocenters. The first-order valence-electron chi connectivity index (χ1n) is 5.92. The molecule has 0 radical (unpaired) electrons. The second kappa shape index (κ2) is 6.72. The Morgan fingerprint density at radius 3 is 2.68 bits per heavy atom. The third-order valence-electron chi connectivity index (χ3n) is 2.70. The molecule has 1 aromatic carbocycles. The van der Waals surface area contributed by atoms with Crippen molar-refractivity contribution in [2.75, 3.05) is 6.54 Å². The molecule has 19 heavy (non-hydrogen) atoms. The van der Waals surface area contributed by atoms with Gasteiger partial charge in [-0.25, -0.2) is 9.18 Å². The highest BCUT2D eigenvalue weighted by Crippen LogP contribution is 2.10. The molecule has 0 heterocycles. The van der Waals surface area contributed by atoms with Gasteiger partial charge in [0.2, 0.25) is 0 Å². The summed E-state index contributed by atoms with van der Waals surface area (Å²) in [5.41, 5.74) is 1.76. The molecule has 1 aromatic rings. The number of aryl methyl sites for hydroxylation is 1. The Labute approximate surface area is 110 Å². The summed E-state index contributed by atoms with van der Waals surface area (Å²) in [5.74, 6) is -1.38. The largest absolute Gasteiger partial charge is 0.480 e. The minimum absolute atomic E-state index is 0.290. The van der Waals surface area contributed by atoms with E-state index in [9.17, 15) is 14.0 Å². The maximum absolute atomic E-state index is 12.9. The fourth-order valence-electron chi connectivity index (χ4n) is 1.56. The highest BCUT2D eigenvalue weighted by Gasteiger charge is 2.13. The molecular weight excluding hydrogens is 251 g/mol. The third-order valence-corrected chi connectivity index (χ3v) is 2.70. The molecule has 2 amide bonds. The molecule has 0 fully saturated rings. The molecule has 0 aliphatic heterocycles. The zero-order valence-electron chi connectivity index (χ0n) is 10.9. The summed E-state index contributed by atoms with van der Waals surface area (Å²) in [4.78, 5) is 21.9. The SMILES string of the molecule is Cc1cc(F)ccc1CCNC(=O)N[C@H](C)C(=O)O. The number of carbonyl (C=O) groups excluding carboxylic acids is 1. The van der Waals surface area contributed by atoms with Gasteiger partial charge < -0.3 is 15.7 Å². The van der Waals surface area contributed by atoms with Gasteiger partial charge in [-0.15, -0.1) is 0 Å². The number of urea groups is 1. The number of hydrogen-bond donors (Lipinski definition) is 3. The van der Waals surface area contributed by atoms with Gasteiger partial charge in [-0.3, -0.25) is 4.79 Å². The average Bonchev–Trinajstić information content (AvgIpc) is 2.31. The lowest BCUT2D eigenvalue weighted by Gasteiger charge is -2.11. The van der Waals surface area contributed by atoms with Gasteiger partial charge >= 0.3 is 12.0 Å². The van der Waals surface area contributed by atoms with Gasteiger partial charge in [0.15, 0.2) is 0 Å². The van der Waals surface area contributed by atoms with Gasteiger partial charge in [-0.1, -0.05) is 6.07 Å². The van der Waals surface area contributed by atoms with E-state index in [1.54, 1.807) is 13.0 Å². The van der Waals surface area contributed by atoms with Crippen molar-refractivity contribution in [3.63, 3.8) is 0 Å². The van der Waals surface area contributed by atoms with E-state index in [0.717, 1.165) is 11.1 Å². The summed E-state index contributed by atoms with van der Waals surface area (Å²) < 4.78 is 12.9. The normalized spacial score (nSPS) is 11.7. The van der Waals surface area contributed by atoms with Gasteiger partial charge in [0.1, 0.15) is 11.9 Å². The number of amides is 2. The zero-order valence-corrected chi connectivity index (χ0v) is 10.9. The molecule has 0 bridgehead atoms. The molecule has 0 unspecified atom stereocenters. The molecule has 0 aromatic heterocycles. The molecule has 0 saturated carbocycles. The minimum Gasteiger partial charge on any atom is -0.480 e. The number of hydrogen-bond acceptors (Lipinski definition) is 2. The van der Waals surface area contributed by atoms with E-state index < -0.39 is 18.0 Å². The lowest BCUT2D eigenvalue weighted by atomic mass is 10.1. The monoisotopic (exact) mass is 268 g/mol. The van der Waals surface area contributed by atoms with E-state index in [2.05, 4.69) is 10.6 Å². The van der Waals surface area contributed by atoms with Crippen LogP contribution < -0.4 is 10.6 Å². The van der Waals surface area contributed by atoms with Crippen molar-refractivity contribution in [2.45, 2.75) is 26.3 Å². The topological polar surface area (TPSA) is 78.4 Å². The van der Waals surface area contributed by atoms with Crippen molar-refractivity contribution < 1.29 is 19.1 Å². The molecule has 5 nitrogen and oxygen atoms in total. The van der Waals surface area contributed by atoms with Gasteiger partial charge in [-0.2, -0.15) is 0 Å². The summed E-state index contributed by atoms with van der Waals surface area (Å²) in [7, 11) is 0. The smallest absolute Gasteiger partial charge is 0.325 e. The van der Waals surface area contributed by atoms with Crippen LogP contribution in [0.5, 0.6) is 0 Å². The fourth-order valence-corrected chi connectivity index (χ4v) is 1.56. The van der Waals surface area contributed by atoms with Gasteiger partial charge in [-0.05, 0) is 43.5 Å². The van der Waals surface area contributed by atoms with Crippen molar-refractivity contribution in [3.05, 3.63) is 35.1 Å². The Morgan fingerprint density at radius 1 is 1.42 bits per heavy atom. The summed E-state index contributed by atoms with van der Waals surface area (Å²) in [5, 5.41) is 13.5. The minimum atomic E-state index is -1.09. The Balaban J connectivity index is 2.38. The van der Waals surface area contributed by atoms with Crippen molar-refractivity contribution >= 4 is 12.0 Å². The zero-order chi connectivity index (χ0) is 14.4. The molecule has 1 rings (SSSR count). The number of nitrogens with one attached hydrogen (secondary N) is 2. The highest BCUT2D eigenvalue weighted by atomic mass is 19.1. The van der Waals surface area contributed by atoms with Crippen LogP contribution in [-0.4, -0.2) is 29.7 Å². The van der Waals surface area contributed by atoms with Gasteiger partial charge in [0.25, 0.3) is 0 Å². The summed E-state index contributed by atoms with van der Waals surface area (Å²) in [6.07, 6.45) is 0.557. The predicted octanol–water partition coefficient (Wildman–Crippen LogP) is 1.45.